The van der Waals surface area contributed by atoms with E-state index in [9.17, 15) is 4.79 Å². The molecular formula is C23H25N3O3. The first kappa shape index (κ1) is 20.2. The van der Waals surface area contributed by atoms with E-state index in [1.54, 1.807) is 19.4 Å². The lowest BCUT2D eigenvalue weighted by Gasteiger charge is -2.19. The third kappa shape index (κ3) is 5.25. The zero-order valence-corrected chi connectivity index (χ0v) is 16.8. The maximum absolute atomic E-state index is 12.6. The molecule has 2 aromatic carbocycles. The first-order valence-corrected chi connectivity index (χ1v) is 9.43. The Morgan fingerprint density at radius 1 is 1.21 bits per heavy atom. The van der Waals surface area contributed by atoms with Gasteiger partial charge in [-0.1, -0.05) is 24.3 Å². The highest BCUT2D eigenvalue weighted by Gasteiger charge is 2.20. The number of ether oxygens (including phenoxy) is 2. The van der Waals surface area contributed by atoms with Crippen LogP contribution in [-0.2, 0) is 11.8 Å². The molecule has 0 radical (unpaired) electrons. The maximum atomic E-state index is 12.6. The van der Waals surface area contributed by atoms with Crippen molar-refractivity contribution in [1.29, 1.82) is 0 Å². The number of aryl methyl sites for hydroxylation is 1. The molecule has 29 heavy (non-hydrogen) atoms. The molecule has 150 valence electrons. The highest BCUT2D eigenvalue weighted by Crippen LogP contribution is 2.24. The number of carbonyl (C=O) groups is 1. The number of aromatic nitrogens is 2. The molecule has 0 aliphatic carbocycles. The summed E-state index contributed by atoms with van der Waals surface area (Å²) in [6.07, 6.45) is 6.85. The smallest absolute Gasteiger partial charge is 0.244 e. The van der Waals surface area contributed by atoms with Gasteiger partial charge in [0.25, 0.3) is 0 Å². The Labute approximate surface area is 170 Å². The first-order chi connectivity index (χ1) is 14.1. The molecule has 6 heteroatoms. The van der Waals surface area contributed by atoms with Gasteiger partial charge in [-0.05, 0) is 48.4 Å². The molecule has 0 fully saturated rings. The predicted molar refractivity (Wildman–Crippen MR) is 113 cm³/mol. The van der Waals surface area contributed by atoms with Crippen LogP contribution in [0.25, 0.3) is 6.08 Å². The summed E-state index contributed by atoms with van der Waals surface area (Å²) >= 11 is 0. The fraction of sp³-hybridized carbons (Fsp3) is 0.217. The minimum atomic E-state index is -0.400. The van der Waals surface area contributed by atoms with Crippen molar-refractivity contribution in [1.82, 2.24) is 14.9 Å². The number of rotatable bonds is 8. The molecule has 3 aromatic rings. The molecule has 1 N–H and O–H groups in total. The van der Waals surface area contributed by atoms with Crippen molar-refractivity contribution in [3.63, 3.8) is 0 Å². The highest BCUT2D eigenvalue weighted by atomic mass is 16.5. The SMILES string of the molecule is CCOc1ccc(/C=C/C(=O)NC(c2cccc(OC)c2)c2nccn2C)cc1. The zero-order chi connectivity index (χ0) is 20.6. The monoisotopic (exact) mass is 391 g/mol. The van der Waals surface area contributed by atoms with Gasteiger partial charge in [0.1, 0.15) is 23.4 Å². The molecule has 6 nitrogen and oxygen atoms in total. The van der Waals surface area contributed by atoms with Crippen LogP contribution in [0.3, 0.4) is 0 Å². The third-order valence-corrected chi connectivity index (χ3v) is 4.45. The molecule has 1 unspecified atom stereocenters. The van der Waals surface area contributed by atoms with Gasteiger partial charge < -0.3 is 19.4 Å². The highest BCUT2D eigenvalue weighted by molar-refractivity contribution is 5.92. The van der Waals surface area contributed by atoms with Crippen molar-refractivity contribution in [2.24, 2.45) is 7.05 Å². The molecule has 1 heterocycles. The number of hydrogen-bond donors (Lipinski definition) is 1. The van der Waals surface area contributed by atoms with Gasteiger partial charge in [-0.3, -0.25) is 4.79 Å². The standard InChI is InChI=1S/C23H25N3O3/c1-4-29-19-11-8-17(9-12-19)10-13-21(27)25-22(23-24-14-15-26(23)2)18-6-5-7-20(16-18)28-3/h5-16,22H,4H2,1-3H3,(H,25,27)/b13-10+. The minimum absolute atomic E-state index is 0.213. The van der Waals surface area contributed by atoms with E-state index in [0.717, 1.165) is 28.5 Å². The van der Waals surface area contributed by atoms with Crippen LogP contribution in [0, 0.1) is 0 Å². The zero-order valence-electron chi connectivity index (χ0n) is 16.8. The van der Waals surface area contributed by atoms with Gasteiger partial charge in [-0.25, -0.2) is 4.98 Å². The van der Waals surface area contributed by atoms with Crippen LogP contribution in [0.2, 0.25) is 0 Å². The van der Waals surface area contributed by atoms with Crippen LogP contribution in [0.4, 0.5) is 0 Å². The van der Waals surface area contributed by atoms with Crippen molar-refractivity contribution in [3.8, 4) is 11.5 Å². The lowest BCUT2D eigenvalue weighted by Crippen LogP contribution is -2.29. The fourth-order valence-corrected chi connectivity index (χ4v) is 2.98. The van der Waals surface area contributed by atoms with Crippen molar-refractivity contribution in [2.75, 3.05) is 13.7 Å². The number of amides is 1. The summed E-state index contributed by atoms with van der Waals surface area (Å²) in [5.74, 6) is 2.05. The first-order valence-electron chi connectivity index (χ1n) is 9.43. The molecule has 0 spiro atoms. The van der Waals surface area contributed by atoms with E-state index in [0.29, 0.717) is 6.61 Å². The molecule has 0 bridgehead atoms. The number of benzene rings is 2. The Morgan fingerprint density at radius 3 is 2.66 bits per heavy atom. The average molecular weight is 391 g/mol. The van der Waals surface area contributed by atoms with Gasteiger partial charge >= 0.3 is 0 Å². The van der Waals surface area contributed by atoms with Gasteiger partial charge in [0.15, 0.2) is 0 Å². The minimum Gasteiger partial charge on any atom is -0.497 e. The second-order valence-corrected chi connectivity index (χ2v) is 6.45. The maximum Gasteiger partial charge on any atom is 0.244 e. The quantitative estimate of drug-likeness (QED) is 0.594. The Bertz CT molecular complexity index is 977. The molecule has 0 saturated heterocycles. The van der Waals surface area contributed by atoms with Crippen molar-refractivity contribution >= 4 is 12.0 Å². The molecule has 1 aromatic heterocycles. The van der Waals surface area contributed by atoms with Gasteiger partial charge in [-0.2, -0.15) is 0 Å². The lowest BCUT2D eigenvalue weighted by atomic mass is 10.1. The summed E-state index contributed by atoms with van der Waals surface area (Å²) in [6.45, 7) is 2.56. The number of methoxy groups -OCH3 is 1. The lowest BCUT2D eigenvalue weighted by molar-refractivity contribution is -0.117. The average Bonchev–Trinajstić information content (AvgIpc) is 3.17. The van der Waals surface area contributed by atoms with E-state index in [1.807, 2.05) is 73.3 Å². The molecule has 0 aliphatic rings. The van der Waals surface area contributed by atoms with E-state index in [-0.39, 0.29) is 5.91 Å². The van der Waals surface area contributed by atoms with E-state index in [2.05, 4.69) is 10.3 Å². The number of nitrogens with zero attached hydrogens (tertiary/aromatic N) is 2. The Hall–Kier alpha value is -3.54. The molecule has 0 saturated carbocycles. The van der Waals surface area contributed by atoms with E-state index < -0.39 is 6.04 Å². The van der Waals surface area contributed by atoms with Crippen molar-refractivity contribution < 1.29 is 14.3 Å². The Morgan fingerprint density at radius 2 is 2.00 bits per heavy atom. The van der Waals surface area contributed by atoms with Gasteiger partial charge in [0, 0.05) is 25.5 Å². The van der Waals surface area contributed by atoms with Crippen LogP contribution in [0.1, 0.15) is 29.9 Å². The van der Waals surface area contributed by atoms with Crippen LogP contribution in [-0.4, -0.2) is 29.2 Å². The third-order valence-electron chi connectivity index (χ3n) is 4.45. The molecular weight excluding hydrogens is 366 g/mol. The van der Waals surface area contributed by atoms with Gasteiger partial charge in [-0.15, -0.1) is 0 Å². The van der Waals surface area contributed by atoms with Crippen molar-refractivity contribution in [2.45, 2.75) is 13.0 Å². The second kappa shape index (κ2) is 9.59. The van der Waals surface area contributed by atoms with E-state index in [4.69, 9.17) is 9.47 Å². The summed E-state index contributed by atoms with van der Waals surface area (Å²) in [7, 11) is 3.52. The van der Waals surface area contributed by atoms with Crippen molar-refractivity contribution in [3.05, 3.63) is 84.0 Å². The molecule has 0 aliphatic heterocycles. The number of nitrogens with one attached hydrogen (secondary N) is 1. The summed E-state index contributed by atoms with van der Waals surface area (Å²) in [6, 6.07) is 14.8. The Kier molecular flexibility index (Phi) is 6.68. The van der Waals surface area contributed by atoms with Crippen LogP contribution < -0.4 is 14.8 Å². The van der Waals surface area contributed by atoms with Crippen LogP contribution in [0.15, 0.2) is 67.0 Å². The Balaban J connectivity index is 1.78. The molecule has 1 atom stereocenters. The topological polar surface area (TPSA) is 65.4 Å². The van der Waals surface area contributed by atoms with Crippen LogP contribution >= 0.6 is 0 Å². The largest absolute Gasteiger partial charge is 0.497 e. The molecule has 1 amide bonds. The number of hydrogen-bond acceptors (Lipinski definition) is 4. The van der Waals surface area contributed by atoms with Crippen LogP contribution in [0.5, 0.6) is 11.5 Å². The van der Waals surface area contributed by atoms with Gasteiger partial charge in [0.2, 0.25) is 5.91 Å². The predicted octanol–water partition coefficient (Wildman–Crippen LogP) is 3.75. The molecule has 3 rings (SSSR count). The summed E-state index contributed by atoms with van der Waals surface area (Å²) < 4.78 is 12.7. The normalized spacial score (nSPS) is 12.0. The number of imidazole rings is 1. The summed E-state index contributed by atoms with van der Waals surface area (Å²) in [4.78, 5) is 17.1. The summed E-state index contributed by atoms with van der Waals surface area (Å²) in [5.41, 5.74) is 1.81. The fourth-order valence-electron chi connectivity index (χ4n) is 2.98. The number of carbonyl (C=O) groups excluding carboxylic acids is 1. The summed E-state index contributed by atoms with van der Waals surface area (Å²) in [5, 5.41) is 3.04. The second-order valence-electron chi connectivity index (χ2n) is 6.45. The van der Waals surface area contributed by atoms with E-state index >= 15 is 0 Å². The van der Waals surface area contributed by atoms with E-state index in [1.165, 1.54) is 6.08 Å². The van der Waals surface area contributed by atoms with Gasteiger partial charge in [0.05, 0.1) is 13.7 Å².